The number of carbonyl (C=O) groups excluding carboxylic acids is 1. The highest BCUT2D eigenvalue weighted by Crippen LogP contribution is 2.16. The van der Waals surface area contributed by atoms with E-state index >= 15 is 0 Å². The van der Waals surface area contributed by atoms with Crippen LogP contribution in [-0.2, 0) is 6.54 Å². The van der Waals surface area contributed by atoms with E-state index in [9.17, 15) is 4.79 Å². The number of benzene rings is 2. The van der Waals surface area contributed by atoms with Crippen LogP contribution < -0.4 is 15.1 Å². The molecule has 0 radical (unpaired) electrons. The van der Waals surface area contributed by atoms with Crippen molar-refractivity contribution in [1.29, 1.82) is 0 Å². The van der Waals surface area contributed by atoms with Gasteiger partial charge >= 0.3 is 0 Å². The molecule has 2 aromatic carbocycles. The smallest absolute Gasteiger partial charge is 0.251 e. The summed E-state index contributed by atoms with van der Waals surface area (Å²) in [5.74, 6) is -0.0916. The quantitative estimate of drug-likeness (QED) is 0.720. The minimum atomic E-state index is -0.0916. The number of rotatable bonds is 4. The fourth-order valence-electron chi connectivity index (χ4n) is 3.18. The number of piperazine rings is 1. The maximum atomic E-state index is 12.4. The molecule has 0 unspecified atom stereocenters. The van der Waals surface area contributed by atoms with Crippen molar-refractivity contribution < 1.29 is 9.69 Å². The Bertz CT molecular complexity index is 900. The van der Waals surface area contributed by atoms with Gasteiger partial charge in [-0.25, -0.2) is 0 Å². The fourth-order valence-corrected chi connectivity index (χ4v) is 3.70. The molecular weight excluding hydrogens is 346 g/mol. The average Bonchev–Trinajstić information content (AvgIpc) is 3.15. The largest absolute Gasteiger partial charge is 0.360 e. The number of carbonyl (C=O) groups is 1. The lowest BCUT2D eigenvalue weighted by Gasteiger charge is -2.31. The van der Waals surface area contributed by atoms with Crippen LogP contribution in [0.1, 0.15) is 15.9 Å². The first-order chi connectivity index (χ1) is 12.7. The number of hydrogen-bond donors (Lipinski definition) is 2. The molecule has 2 N–H and O–H groups in total. The standard InChI is InChI=1S/C19H21N5OS/c1-23-8-10-24(11-9-23)16-5-2-14(3-6-16)13-20-19(25)15-4-7-17-18(12-15)22-26-21-17/h2-7,12H,8-11,13H2,1H3,(H,20,25)/p+1. The second-order valence-electron chi connectivity index (χ2n) is 6.76. The molecule has 3 aromatic rings. The van der Waals surface area contributed by atoms with E-state index in [0.717, 1.165) is 41.4 Å². The van der Waals surface area contributed by atoms with Gasteiger partial charge in [-0.1, -0.05) is 12.1 Å². The van der Waals surface area contributed by atoms with Crippen molar-refractivity contribution in [2.75, 3.05) is 38.1 Å². The molecule has 26 heavy (non-hydrogen) atoms. The Balaban J connectivity index is 1.36. The first kappa shape index (κ1) is 16.9. The fraction of sp³-hybridized carbons (Fsp3) is 0.316. The molecule has 134 valence electrons. The minimum absolute atomic E-state index is 0.0916. The third-order valence-corrected chi connectivity index (χ3v) is 5.44. The molecule has 0 saturated carbocycles. The lowest BCUT2D eigenvalue weighted by Crippen LogP contribution is -3.12. The van der Waals surface area contributed by atoms with Gasteiger partial charge in [-0.2, -0.15) is 8.75 Å². The first-order valence-corrected chi connectivity index (χ1v) is 9.58. The molecule has 1 aliphatic heterocycles. The minimum Gasteiger partial charge on any atom is -0.360 e. The molecule has 1 fully saturated rings. The lowest BCUT2D eigenvalue weighted by molar-refractivity contribution is -0.880. The van der Waals surface area contributed by atoms with Crippen molar-refractivity contribution in [3.63, 3.8) is 0 Å². The van der Waals surface area contributed by atoms with Crippen LogP contribution >= 0.6 is 11.7 Å². The maximum Gasteiger partial charge on any atom is 0.251 e. The number of fused-ring (bicyclic) bond motifs is 1. The monoisotopic (exact) mass is 368 g/mol. The van der Waals surface area contributed by atoms with Crippen LogP contribution in [0.5, 0.6) is 0 Å². The summed E-state index contributed by atoms with van der Waals surface area (Å²) >= 11 is 1.16. The molecule has 1 aliphatic rings. The van der Waals surface area contributed by atoms with Crippen LogP contribution in [0.4, 0.5) is 5.69 Å². The van der Waals surface area contributed by atoms with Gasteiger partial charge in [0.2, 0.25) is 0 Å². The van der Waals surface area contributed by atoms with E-state index in [1.807, 2.05) is 6.07 Å². The van der Waals surface area contributed by atoms with Crippen LogP contribution in [0, 0.1) is 0 Å². The normalized spacial score (nSPS) is 15.3. The van der Waals surface area contributed by atoms with E-state index in [1.54, 1.807) is 17.0 Å². The highest BCUT2D eigenvalue weighted by Gasteiger charge is 2.16. The predicted octanol–water partition coefficient (Wildman–Crippen LogP) is 0.956. The number of amides is 1. The summed E-state index contributed by atoms with van der Waals surface area (Å²) in [5, 5.41) is 2.98. The van der Waals surface area contributed by atoms with Crippen LogP contribution in [0.15, 0.2) is 42.5 Å². The molecule has 0 bridgehead atoms. The van der Waals surface area contributed by atoms with Crippen LogP contribution in [0.3, 0.4) is 0 Å². The van der Waals surface area contributed by atoms with E-state index < -0.39 is 0 Å². The van der Waals surface area contributed by atoms with E-state index in [4.69, 9.17) is 0 Å². The topological polar surface area (TPSA) is 62.6 Å². The number of hydrogen-bond acceptors (Lipinski definition) is 5. The van der Waals surface area contributed by atoms with E-state index in [2.05, 4.69) is 50.3 Å². The predicted molar refractivity (Wildman–Crippen MR) is 104 cm³/mol. The van der Waals surface area contributed by atoms with Crippen molar-refractivity contribution in [3.05, 3.63) is 53.6 Å². The first-order valence-electron chi connectivity index (χ1n) is 8.85. The highest BCUT2D eigenvalue weighted by atomic mass is 32.1. The molecule has 0 spiro atoms. The maximum absolute atomic E-state index is 12.4. The van der Waals surface area contributed by atoms with Gasteiger partial charge in [0.15, 0.2) is 0 Å². The van der Waals surface area contributed by atoms with Crippen LogP contribution in [-0.4, -0.2) is 47.9 Å². The van der Waals surface area contributed by atoms with Gasteiger partial charge in [0.25, 0.3) is 5.91 Å². The summed E-state index contributed by atoms with van der Waals surface area (Å²) in [4.78, 5) is 16.4. The van der Waals surface area contributed by atoms with Gasteiger partial charge in [0.05, 0.1) is 45.0 Å². The number of likely N-dealkylation sites (N-methyl/N-ethyl adjacent to an activating group) is 1. The molecule has 2 heterocycles. The summed E-state index contributed by atoms with van der Waals surface area (Å²) in [6.45, 7) is 5.05. The number of nitrogens with zero attached hydrogens (tertiary/aromatic N) is 3. The summed E-state index contributed by atoms with van der Waals surface area (Å²) in [7, 11) is 2.24. The Labute approximate surface area is 156 Å². The Hall–Kier alpha value is -2.51. The van der Waals surface area contributed by atoms with Crippen molar-refractivity contribution in [3.8, 4) is 0 Å². The van der Waals surface area contributed by atoms with Gasteiger partial charge in [0, 0.05) is 17.8 Å². The van der Waals surface area contributed by atoms with Crippen molar-refractivity contribution >= 4 is 34.4 Å². The van der Waals surface area contributed by atoms with E-state index in [-0.39, 0.29) is 5.91 Å². The molecule has 1 amide bonds. The lowest BCUT2D eigenvalue weighted by atomic mass is 10.1. The number of aromatic nitrogens is 2. The molecule has 1 saturated heterocycles. The van der Waals surface area contributed by atoms with Crippen LogP contribution in [0.2, 0.25) is 0 Å². The highest BCUT2D eigenvalue weighted by molar-refractivity contribution is 7.00. The summed E-state index contributed by atoms with van der Waals surface area (Å²) < 4.78 is 8.34. The number of nitrogens with one attached hydrogen (secondary N) is 2. The van der Waals surface area contributed by atoms with Gasteiger partial charge < -0.3 is 15.1 Å². The van der Waals surface area contributed by atoms with E-state index in [0.29, 0.717) is 12.1 Å². The third kappa shape index (κ3) is 3.68. The number of anilines is 1. The Kier molecular flexibility index (Phi) is 4.81. The van der Waals surface area contributed by atoms with Gasteiger partial charge in [-0.3, -0.25) is 4.79 Å². The average molecular weight is 368 g/mol. The van der Waals surface area contributed by atoms with Crippen LogP contribution in [0.25, 0.3) is 11.0 Å². The van der Waals surface area contributed by atoms with Crippen molar-refractivity contribution in [2.45, 2.75) is 6.54 Å². The van der Waals surface area contributed by atoms with Crippen molar-refractivity contribution in [1.82, 2.24) is 14.1 Å². The Morgan fingerprint density at radius 2 is 1.85 bits per heavy atom. The number of quaternary nitrogens is 1. The molecule has 0 atom stereocenters. The second-order valence-corrected chi connectivity index (χ2v) is 7.29. The summed E-state index contributed by atoms with van der Waals surface area (Å²) in [6, 6.07) is 13.9. The zero-order valence-corrected chi connectivity index (χ0v) is 15.6. The Morgan fingerprint density at radius 1 is 1.12 bits per heavy atom. The third-order valence-electron chi connectivity index (χ3n) is 4.89. The summed E-state index contributed by atoms with van der Waals surface area (Å²) in [6.07, 6.45) is 0. The molecule has 6 nitrogen and oxygen atoms in total. The summed E-state index contributed by atoms with van der Waals surface area (Å²) in [5.41, 5.74) is 4.56. The van der Waals surface area contributed by atoms with E-state index in [1.165, 1.54) is 18.8 Å². The molecule has 1 aromatic heterocycles. The molecule has 7 heteroatoms. The zero-order chi connectivity index (χ0) is 17.9. The second kappa shape index (κ2) is 7.39. The SMILES string of the molecule is C[NH+]1CCN(c2ccc(CNC(=O)c3ccc4nsnc4c3)cc2)CC1. The molecule has 4 rings (SSSR count). The van der Waals surface area contributed by atoms with Gasteiger partial charge in [-0.05, 0) is 35.9 Å². The van der Waals surface area contributed by atoms with Crippen molar-refractivity contribution in [2.24, 2.45) is 0 Å². The van der Waals surface area contributed by atoms with Gasteiger partial charge in [-0.15, -0.1) is 0 Å². The van der Waals surface area contributed by atoms with Gasteiger partial charge in [0.1, 0.15) is 11.0 Å². The zero-order valence-electron chi connectivity index (χ0n) is 14.7. The molecular formula is C19H22N5OS+. The Morgan fingerprint density at radius 3 is 2.62 bits per heavy atom. The molecule has 0 aliphatic carbocycles.